The lowest BCUT2D eigenvalue weighted by Crippen LogP contribution is -2.21. The lowest BCUT2D eigenvalue weighted by molar-refractivity contribution is -0.108. The minimum atomic E-state index is -3.93. The molecule has 0 aliphatic carbocycles. The summed E-state index contributed by atoms with van der Waals surface area (Å²) in [6.45, 7) is 6.02. The number of carbonyl (C=O) groups is 2. The monoisotopic (exact) mass is 493 g/mol. The number of carbonyl (C=O) groups excluding carboxylic acids is 2. The lowest BCUT2D eigenvalue weighted by atomic mass is 10.0. The van der Waals surface area contributed by atoms with Gasteiger partial charge in [0.1, 0.15) is 15.7 Å². The average Bonchev–Trinajstić information content (AvgIpc) is 3.36. The summed E-state index contributed by atoms with van der Waals surface area (Å²) in [6.07, 6.45) is 0.994. The fourth-order valence-corrected chi connectivity index (χ4v) is 6.36. The molecule has 0 saturated heterocycles. The Morgan fingerprint density at radius 1 is 1.00 bits per heavy atom. The summed E-state index contributed by atoms with van der Waals surface area (Å²) in [5.74, 6) is 0.713. The fraction of sp³-hybridized carbons (Fsp3) is 0.160. The molecule has 0 radical (unpaired) electrons. The highest BCUT2D eigenvalue weighted by Crippen LogP contribution is 2.36. The Morgan fingerprint density at radius 3 is 2.38 bits per heavy atom. The third-order valence-corrected chi connectivity index (χ3v) is 8.45. The second-order valence-corrected chi connectivity index (χ2v) is 11.1. The van der Waals surface area contributed by atoms with Gasteiger partial charge in [0.25, 0.3) is 10.0 Å². The van der Waals surface area contributed by atoms with E-state index < -0.39 is 10.0 Å². The molecule has 7 nitrogen and oxygen atoms in total. The van der Waals surface area contributed by atoms with Crippen LogP contribution in [0.4, 0.5) is 0 Å². The Labute approximate surface area is 202 Å². The van der Waals surface area contributed by atoms with Crippen LogP contribution in [0.5, 0.6) is 0 Å². The number of nitrogens with one attached hydrogen (secondary N) is 1. The van der Waals surface area contributed by atoms with Crippen molar-refractivity contribution < 1.29 is 18.0 Å². The smallest absolute Gasteiger partial charge is 0.273 e. The van der Waals surface area contributed by atoms with Crippen molar-refractivity contribution in [3.8, 4) is 22.5 Å². The molecule has 174 valence electrons. The molecule has 2 heterocycles. The van der Waals surface area contributed by atoms with Crippen LogP contribution in [0.2, 0.25) is 0 Å². The highest BCUT2D eigenvalue weighted by Gasteiger charge is 2.23. The average molecular weight is 494 g/mol. The van der Waals surface area contributed by atoms with Crippen molar-refractivity contribution in [3.63, 3.8) is 0 Å². The first-order valence-corrected chi connectivity index (χ1v) is 12.8. The van der Waals surface area contributed by atoms with Gasteiger partial charge < -0.3 is 4.57 Å². The van der Waals surface area contributed by atoms with Gasteiger partial charge in [-0.05, 0) is 43.5 Å². The van der Waals surface area contributed by atoms with E-state index >= 15 is 0 Å². The number of benzene rings is 2. The molecule has 4 rings (SSSR count). The molecule has 0 fully saturated rings. The maximum Gasteiger partial charge on any atom is 0.273 e. The van der Waals surface area contributed by atoms with Crippen LogP contribution >= 0.6 is 11.3 Å². The number of aromatic nitrogens is 2. The van der Waals surface area contributed by atoms with Crippen LogP contribution in [0.1, 0.15) is 32.2 Å². The van der Waals surface area contributed by atoms with Crippen LogP contribution in [0.15, 0.2) is 58.8 Å². The van der Waals surface area contributed by atoms with Gasteiger partial charge in [-0.25, -0.2) is 13.4 Å². The van der Waals surface area contributed by atoms with Gasteiger partial charge in [0, 0.05) is 16.0 Å². The molecule has 0 bridgehead atoms. The van der Waals surface area contributed by atoms with Crippen LogP contribution in [0, 0.1) is 20.8 Å². The topological polar surface area (TPSA) is 98.1 Å². The molecule has 0 atom stereocenters. The number of rotatable bonds is 8. The number of aldehydes is 1. The van der Waals surface area contributed by atoms with Crippen molar-refractivity contribution in [1.82, 2.24) is 14.3 Å². The quantitative estimate of drug-likeness (QED) is 0.365. The third kappa shape index (κ3) is 4.44. The molecule has 0 spiro atoms. The number of hydrogen-bond acceptors (Lipinski definition) is 6. The number of imidazole rings is 1. The summed E-state index contributed by atoms with van der Waals surface area (Å²) in [5, 5.41) is 0. The molecule has 1 N–H and O–H groups in total. The maximum atomic E-state index is 12.5. The zero-order valence-corrected chi connectivity index (χ0v) is 20.5. The van der Waals surface area contributed by atoms with Gasteiger partial charge in [-0.3, -0.25) is 14.3 Å². The van der Waals surface area contributed by atoms with Gasteiger partial charge in [-0.15, -0.1) is 11.3 Å². The summed E-state index contributed by atoms with van der Waals surface area (Å²) >= 11 is 1.12. The predicted octanol–water partition coefficient (Wildman–Crippen LogP) is 4.50. The van der Waals surface area contributed by atoms with E-state index in [0.29, 0.717) is 29.3 Å². The van der Waals surface area contributed by atoms with Crippen LogP contribution in [-0.2, 0) is 21.4 Å². The summed E-state index contributed by atoms with van der Waals surface area (Å²) in [5.41, 5.74) is 5.29. The molecule has 9 heteroatoms. The Morgan fingerprint density at radius 2 is 1.74 bits per heavy atom. The molecule has 0 saturated carbocycles. The summed E-state index contributed by atoms with van der Waals surface area (Å²) < 4.78 is 28.9. The Kier molecular flexibility index (Phi) is 6.49. The Hall–Kier alpha value is -3.56. The molecule has 0 aliphatic heterocycles. The number of aryl methyl sites for hydroxylation is 3. The van der Waals surface area contributed by atoms with Crippen LogP contribution in [0.3, 0.4) is 0 Å². The van der Waals surface area contributed by atoms with Crippen LogP contribution in [-0.4, -0.2) is 30.7 Å². The summed E-state index contributed by atoms with van der Waals surface area (Å²) in [4.78, 5) is 28.1. The van der Waals surface area contributed by atoms with Crippen molar-refractivity contribution in [3.05, 3.63) is 82.0 Å². The molecule has 4 aromatic rings. The van der Waals surface area contributed by atoms with Gasteiger partial charge in [-0.1, -0.05) is 48.5 Å². The van der Waals surface area contributed by atoms with Crippen molar-refractivity contribution in [2.75, 3.05) is 0 Å². The maximum absolute atomic E-state index is 12.5. The van der Waals surface area contributed by atoms with Gasteiger partial charge >= 0.3 is 0 Å². The standard InChI is InChI=1S/C25H23N3O4S2/c1-16-11-20(22-12-17(2)33-25(22)34(31,32)26-15-30)9-10-21(16)13-28-23(14-29)18(3)27-24(28)19-7-5-4-6-8-19/h4-12,14-15H,13H2,1-3H3,(H,26,30). The molecule has 0 unspecified atom stereocenters. The first-order valence-electron chi connectivity index (χ1n) is 10.5. The van der Waals surface area contributed by atoms with Gasteiger partial charge in [-0.2, -0.15) is 0 Å². The normalized spacial score (nSPS) is 11.4. The number of sulfonamides is 1. The molecule has 0 aliphatic rings. The minimum Gasteiger partial charge on any atom is -0.317 e. The largest absolute Gasteiger partial charge is 0.317 e. The first-order chi connectivity index (χ1) is 16.2. The Balaban J connectivity index is 1.75. The van der Waals surface area contributed by atoms with Crippen molar-refractivity contribution in [1.29, 1.82) is 0 Å². The zero-order valence-electron chi connectivity index (χ0n) is 18.9. The van der Waals surface area contributed by atoms with E-state index in [0.717, 1.165) is 44.8 Å². The van der Waals surface area contributed by atoms with E-state index in [4.69, 9.17) is 0 Å². The minimum absolute atomic E-state index is 0.101. The summed E-state index contributed by atoms with van der Waals surface area (Å²) in [7, 11) is -3.93. The van der Waals surface area contributed by atoms with E-state index in [9.17, 15) is 18.0 Å². The van der Waals surface area contributed by atoms with Crippen LogP contribution < -0.4 is 4.72 Å². The summed E-state index contributed by atoms with van der Waals surface area (Å²) in [6, 6.07) is 17.2. The molecular weight excluding hydrogens is 470 g/mol. The highest BCUT2D eigenvalue weighted by atomic mass is 32.2. The molecule has 1 amide bonds. The van der Waals surface area contributed by atoms with E-state index in [1.165, 1.54) is 0 Å². The third-order valence-electron chi connectivity index (χ3n) is 5.58. The SMILES string of the molecule is Cc1cc(-c2ccc(Cn3c(-c4ccccc4)nc(C)c3C=O)c(C)c2)c(S(=O)(=O)NC=O)s1. The Bertz CT molecular complexity index is 1490. The molecular formula is C25H23N3O4S2. The van der Waals surface area contributed by atoms with Gasteiger partial charge in [0.05, 0.1) is 12.2 Å². The number of hydrogen-bond donors (Lipinski definition) is 1. The second kappa shape index (κ2) is 9.36. The number of nitrogens with zero attached hydrogens (tertiary/aromatic N) is 2. The molecule has 2 aromatic heterocycles. The van der Waals surface area contributed by atoms with E-state index in [2.05, 4.69) is 4.98 Å². The molecule has 2 aromatic carbocycles. The van der Waals surface area contributed by atoms with Gasteiger partial charge in [0.15, 0.2) is 6.29 Å². The van der Waals surface area contributed by atoms with Crippen LogP contribution in [0.25, 0.3) is 22.5 Å². The van der Waals surface area contributed by atoms with Crippen molar-refractivity contribution in [2.45, 2.75) is 31.5 Å². The van der Waals surface area contributed by atoms with Crippen molar-refractivity contribution in [2.24, 2.45) is 0 Å². The highest BCUT2D eigenvalue weighted by molar-refractivity contribution is 7.92. The fourth-order valence-electron chi connectivity index (χ4n) is 3.92. The number of thiophene rings is 1. The lowest BCUT2D eigenvalue weighted by Gasteiger charge is -2.14. The zero-order chi connectivity index (χ0) is 24.5. The van der Waals surface area contributed by atoms with E-state index in [1.54, 1.807) is 6.07 Å². The molecule has 34 heavy (non-hydrogen) atoms. The van der Waals surface area contributed by atoms with E-state index in [-0.39, 0.29) is 10.6 Å². The predicted molar refractivity (Wildman–Crippen MR) is 133 cm³/mol. The van der Waals surface area contributed by atoms with E-state index in [1.807, 2.05) is 78.6 Å². The van der Waals surface area contributed by atoms with Gasteiger partial charge in [0.2, 0.25) is 6.41 Å². The van der Waals surface area contributed by atoms with Crippen molar-refractivity contribution >= 4 is 34.1 Å². The number of amides is 1. The first kappa shape index (κ1) is 23.6. The second-order valence-electron chi connectivity index (χ2n) is 7.91.